The summed E-state index contributed by atoms with van der Waals surface area (Å²) in [5, 5.41) is 4.40. The molecule has 3 aromatic heterocycles. The Bertz CT molecular complexity index is 1240. The third-order valence-corrected chi connectivity index (χ3v) is 8.09. The molecule has 1 aromatic carbocycles. The highest BCUT2D eigenvalue weighted by molar-refractivity contribution is 7.98. The second-order valence-electron chi connectivity index (χ2n) is 6.74. The predicted octanol–water partition coefficient (Wildman–Crippen LogP) is 5.04. The standard InChI is InChI=1S/C20H16FN3OS3/c1-24-19(25)16-14-3-2-4-15(14)28-18(16)23-20(24)27-10-13-9-26-17(22-13)11-5-7-12(21)8-6-11/h5-9H,2-4,10H2,1H3. The molecule has 1 aliphatic carbocycles. The van der Waals surface area contributed by atoms with Crippen LogP contribution in [-0.4, -0.2) is 14.5 Å². The van der Waals surface area contributed by atoms with E-state index in [9.17, 15) is 9.18 Å². The molecule has 0 bridgehead atoms. The van der Waals surface area contributed by atoms with Crippen molar-refractivity contribution in [3.63, 3.8) is 0 Å². The van der Waals surface area contributed by atoms with Gasteiger partial charge in [0, 0.05) is 28.6 Å². The maximum Gasteiger partial charge on any atom is 0.262 e. The van der Waals surface area contributed by atoms with E-state index in [1.54, 1.807) is 35.1 Å². The predicted molar refractivity (Wildman–Crippen MR) is 114 cm³/mol. The zero-order valence-electron chi connectivity index (χ0n) is 15.1. The summed E-state index contributed by atoms with van der Waals surface area (Å²) in [7, 11) is 1.79. The summed E-state index contributed by atoms with van der Waals surface area (Å²) < 4.78 is 14.8. The Morgan fingerprint density at radius 3 is 2.86 bits per heavy atom. The summed E-state index contributed by atoms with van der Waals surface area (Å²) in [6.07, 6.45) is 3.19. The highest BCUT2D eigenvalue weighted by Crippen LogP contribution is 2.36. The molecule has 8 heteroatoms. The van der Waals surface area contributed by atoms with Crippen LogP contribution in [0.5, 0.6) is 0 Å². The van der Waals surface area contributed by atoms with E-state index < -0.39 is 0 Å². The number of hydrogen-bond acceptors (Lipinski definition) is 6. The van der Waals surface area contributed by atoms with Crippen molar-refractivity contribution in [2.75, 3.05) is 0 Å². The molecule has 4 aromatic rings. The molecule has 1 aliphatic rings. The van der Waals surface area contributed by atoms with Gasteiger partial charge in [-0.15, -0.1) is 22.7 Å². The highest BCUT2D eigenvalue weighted by atomic mass is 32.2. The number of fused-ring (bicyclic) bond motifs is 3. The van der Waals surface area contributed by atoms with Gasteiger partial charge in [-0.05, 0) is 49.1 Å². The Morgan fingerprint density at radius 1 is 1.21 bits per heavy atom. The fourth-order valence-electron chi connectivity index (χ4n) is 3.47. The summed E-state index contributed by atoms with van der Waals surface area (Å²) in [5.41, 5.74) is 3.10. The van der Waals surface area contributed by atoms with Crippen LogP contribution >= 0.6 is 34.4 Å². The van der Waals surface area contributed by atoms with Gasteiger partial charge in [-0.25, -0.2) is 14.4 Å². The molecule has 5 rings (SSSR count). The largest absolute Gasteiger partial charge is 0.290 e. The quantitative estimate of drug-likeness (QED) is 0.337. The van der Waals surface area contributed by atoms with Crippen LogP contribution in [0.25, 0.3) is 20.8 Å². The van der Waals surface area contributed by atoms with E-state index in [0.717, 1.165) is 45.7 Å². The molecule has 0 aliphatic heterocycles. The molecule has 0 amide bonds. The van der Waals surface area contributed by atoms with Crippen LogP contribution < -0.4 is 5.56 Å². The highest BCUT2D eigenvalue weighted by Gasteiger charge is 2.22. The number of thiophene rings is 1. The number of thiazole rings is 1. The lowest BCUT2D eigenvalue weighted by molar-refractivity contribution is 0.628. The lowest BCUT2D eigenvalue weighted by atomic mass is 10.2. The molecule has 0 radical (unpaired) electrons. The molecule has 0 saturated heterocycles. The van der Waals surface area contributed by atoms with Crippen molar-refractivity contribution in [3.8, 4) is 10.6 Å². The van der Waals surface area contributed by atoms with Crippen LogP contribution in [0, 0.1) is 5.82 Å². The second-order valence-corrected chi connectivity index (χ2v) is 9.62. The van der Waals surface area contributed by atoms with E-state index in [2.05, 4.69) is 4.98 Å². The van der Waals surface area contributed by atoms with Crippen molar-refractivity contribution in [1.82, 2.24) is 14.5 Å². The molecule has 0 atom stereocenters. The van der Waals surface area contributed by atoms with Gasteiger partial charge in [-0.2, -0.15) is 0 Å². The van der Waals surface area contributed by atoms with Crippen molar-refractivity contribution < 1.29 is 4.39 Å². The van der Waals surface area contributed by atoms with Crippen LogP contribution in [0.4, 0.5) is 4.39 Å². The minimum atomic E-state index is -0.252. The first kappa shape index (κ1) is 18.0. The fraction of sp³-hybridized carbons (Fsp3) is 0.250. The van der Waals surface area contributed by atoms with E-state index in [4.69, 9.17) is 4.98 Å². The van der Waals surface area contributed by atoms with Gasteiger partial charge >= 0.3 is 0 Å². The van der Waals surface area contributed by atoms with Crippen molar-refractivity contribution in [3.05, 3.63) is 62.0 Å². The van der Waals surface area contributed by atoms with Gasteiger partial charge in [0.25, 0.3) is 5.56 Å². The average Bonchev–Trinajstić information content (AvgIpc) is 3.40. The Morgan fingerprint density at radius 2 is 2.04 bits per heavy atom. The fourth-order valence-corrected chi connectivity index (χ4v) is 6.57. The Kier molecular flexibility index (Phi) is 4.57. The lowest BCUT2D eigenvalue weighted by Gasteiger charge is -2.06. The number of nitrogens with zero attached hydrogens (tertiary/aromatic N) is 3. The van der Waals surface area contributed by atoms with Gasteiger partial charge in [0.1, 0.15) is 15.7 Å². The van der Waals surface area contributed by atoms with E-state index in [1.165, 1.54) is 45.7 Å². The smallest absolute Gasteiger partial charge is 0.262 e. The van der Waals surface area contributed by atoms with E-state index in [0.29, 0.717) is 10.9 Å². The summed E-state index contributed by atoms with van der Waals surface area (Å²) in [6, 6.07) is 6.36. The molecule has 142 valence electrons. The van der Waals surface area contributed by atoms with Crippen molar-refractivity contribution in [2.24, 2.45) is 7.05 Å². The molecule has 0 spiro atoms. The molecule has 3 heterocycles. The van der Waals surface area contributed by atoms with Gasteiger partial charge in [0.2, 0.25) is 0 Å². The summed E-state index contributed by atoms with van der Waals surface area (Å²) in [5.74, 6) is 0.382. The topological polar surface area (TPSA) is 47.8 Å². The zero-order chi connectivity index (χ0) is 19.3. The van der Waals surface area contributed by atoms with Crippen LogP contribution in [0.1, 0.15) is 22.6 Å². The van der Waals surface area contributed by atoms with E-state index >= 15 is 0 Å². The first-order valence-corrected chi connectivity index (χ1v) is 11.6. The van der Waals surface area contributed by atoms with Crippen LogP contribution in [0.2, 0.25) is 0 Å². The number of hydrogen-bond donors (Lipinski definition) is 0. The average molecular weight is 430 g/mol. The molecule has 0 N–H and O–H groups in total. The summed E-state index contributed by atoms with van der Waals surface area (Å²) in [4.78, 5) is 24.5. The number of thioether (sulfide) groups is 1. The van der Waals surface area contributed by atoms with E-state index in [1.807, 2.05) is 5.38 Å². The van der Waals surface area contributed by atoms with Crippen molar-refractivity contribution in [1.29, 1.82) is 0 Å². The van der Waals surface area contributed by atoms with Crippen LogP contribution in [0.15, 0.2) is 39.6 Å². The first-order valence-electron chi connectivity index (χ1n) is 8.94. The maximum absolute atomic E-state index is 13.1. The third kappa shape index (κ3) is 3.09. The number of halogens is 1. The summed E-state index contributed by atoms with van der Waals surface area (Å²) in [6.45, 7) is 0. The first-order chi connectivity index (χ1) is 13.6. The van der Waals surface area contributed by atoms with Gasteiger partial charge in [0.05, 0.1) is 11.1 Å². The van der Waals surface area contributed by atoms with Gasteiger partial charge < -0.3 is 0 Å². The molecule has 28 heavy (non-hydrogen) atoms. The third-order valence-electron chi connectivity index (χ3n) is 4.90. The minimum absolute atomic E-state index is 0.0529. The van der Waals surface area contributed by atoms with Crippen molar-refractivity contribution >= 4 is 44.7 Å². The summed E-state index contributed by atoms with van der Waals surface area (Å²) >= 11 is 4.72. The lowest BCUT2D eigenvalue weighted by Crippen LogP contribution is -2.20. The number of aromatic nitrogens is 3. The zero-order valence-corrected chi connectivity index (χ0v) is 17.5. The number of benzene rings is 1. The monoisotopic (exact) mass is 429 g/mol. The van der Waals surface area contributed by atoms with Gasteiger partial charge in [0.15, 0.2) is 5.16 Å². The Labute approximate surface area is 173 Å². The molecule has 4 nitrogen and oxygen atoms in total. The Balaban J connectivity index is 1.40. The molecule has 0 saturated carbocycles. The SMILES string of the molecule is Cn1c(SCc2csc(-c3ccc(F)cc3)n2)nc2sc3c(c2c1=O)CCC3. The van der Waals surface area contributed by atoms with Crippen LogP contribution in [0.3, 0.4) is 0 Å². The normalized spacial score (nSPS) is 13.4. The van der Waals surface area contributed by atoms with Gasteiger partial charge in [-0.3, -0.25) is 9.36 Å². The number of rotatable bonds is 4. The molecular formula is C20H16FN3OS3. The van der Waals surface area contributed by atoms with Crippen LogP contribution in [-0.2, 0) is 25.6 Å². The maximum atomic E-state index is 13.1. The Hall–Kier alpha value is -2.03. The number of aryl methyl sites for hydroxylation is 2. The van der Waals surface area contributed by atoms with E-state index in [-0.39, 0.29) is 11.4 Å². The van der Waals surface area contributed by atoms with Gasteiger partial charge in [-0.1, -0.05) is 11.8 Å². The molecule has 0 fully saturated rings. The molecule has 0 unspecified atom stereocenters. The second kappa shape index (κ2) is 7.09. The molecular weight excluding hydrogens is 413 g/mol. The van der Waals surface area contributed by atoms with Crippen molar-refractivity contribution in [2.45, 2.75) is 30.2 Å². The minimum Gasteiger partial charge on any atom is -0.290 e.